The first-order chi connectivity index (χ1) is 10.6. The van der Waals surface area contributed by atoms with Crippen molar-refractivity contribution in [1.29, 1.82) is 0 Å². The Hall–Kier alpha value is -1.14. The molecule has 0 spiro atoms. The summed E-state index contributed by atoms with van der Waals surface area (Å²) in [5.74, 6) is -0.818. The summed E-state index contributed by atoms with van der Waals surface area (Å²) >= 11 is 0. The number of esters is 1. The molecule has 1 aliphatic heterocycles. The van der Waals surface area contributed by atoms with Gasteiger partial charge < -0.3 is 19.5 Å². The maximum absolute atomic E-state index is 12.4. The quantitative estimate of drug-likeness (QED) is 0.787. The van der Waals surface area contributed by atoms with Crippen LogP contribution in [0.5, 0.6) is 0 Å². The van der Waals surface area contributed by atoms with Crippen LogP contribution in [-0.4, -0.2) is 59.4 Å². The Balaban J connectivity index is 1.53. The summed E-state index contributed by atoms with van der Waals surface area (Å²) < 4.78 is 10.8. The second-order valence-electron chi connectivity index (χ2n) is 6.66. The molecule has 0 bridgehead atoms. The highest BCUT2D eigenvalue weighted by molar-refractivity contribution is 5.84. The van der Waals surface area contributed by atoms with Gasteiger partial charge in [-0.2, -0.15) is 0 Å². The second kappa shape index (κ2) is 6.54. The highest BCUT2D eigenvalue weighted by Crippen LogP contribution is 2.31. The van der Waals surface area contributed by atoms with Crippen LogP contribution in [0.3, 0.4) is 0 Å². The van der Waals surface area contributed by atoms with Gasteiger partial charge >= 0.3 is 5.97 Å². The van der Waals surface area contributed by atoms with Crippen LogP contribution in [0.15, 0.2) is 0 Å². The Morgan fingerprint density at radius 3 is 2.68 bits per heavy atom. The maximum Gasteiger partial charge on any atom is 0.338 e. The first-order valence-electron chi connectivity index (χ1n) is 8.41. The van der Waals surface area contributed by atoms with E-state index >= 15 is 0 Å². The first-order valence-corrected chi connectivity index (χ1v) is 8.41. The molecule has 3 fully saturated rings. The van der Waals surface area contributed by atoms with E-state index in [1.807, 2.05) is 0 Å². The van der Waals surface area contributed by atoms with E-state index in [0.29, 0.717) is 26.0 Å². The molecule has 2 atom stereocenters. The molecule has 1 amide bonds. The first kappa shape index (κ1) is 15.7. The van der Waals surface area contributed by atoms with Crippen molar-refractivity contribution in [3.8, 4) is 0 Å². The third kappa shape index (κ3) is 3.13. The van der Waals surface area contributed by atoms with E-state index in [2.05, 4.69) is 0 Å². The predicted molar refractivity (Wildman–Crippen MR) is 78.1 cm³/mol. The number of hydrogen-bond donors (Lipinski definition) is 1. The average molecular weight is 311 g/mol. The van der Waals surface area contributed by atoms with E-state index in [1.165, 1.54) is 0 Å². The minimum atomic E-state index is -1.38. The molecule has 6 nitrogen and oxygen atoms in total. The summed E-state index contributed by atoms with van der Waals surface area (Å²) in [5.41, 5.74) is -1.38. The summed E-state index contributed by atoms with van der Waals surface area (Å²) in [6.45, 7) is 0.830. The van der Waals surface area contributed by atoms with Crippen molar-refractivity contribution >= 4 is 11.9 Å². The largest absolute Gasteiger partial charge is 0.453 e. The van der Waals surface area contributed by atoms with Crippen molar-refractivity contribution in [2.45, 2.75) is 69.1 Å². The minimum absolute atomic E-state index is 0.114. The molecule has 124 valence electrons. The number of aliphatic hydroxyl groups is 1. The standard InChI is InChI=1S/C16H25NO5/c18-14(11-22-15(19)16(20)7-3-4-8-16)17-9-10-21-13-6-2-1-5-12(13)17/h12-13,20H,1-11H2/t12-,13+/m1/s1. The SMILES string of the molecule is O=C(COC(=O)C1(O)CCCC1)N1CCO[C@H]2CCCC[C@H]21. The van der Waals surface area contributed by atoms with Crippen LogP contribution in [0.2, 0.25) is 0 Å². The van der Waals surface area contributed by atoms with Gasteiger partial charge in [-0.3, -0.25) is 4.79 Å². The van der Waals surface area contributed by atoms with Gasteiger partial charge in [0.05, 0.1) is 18.8 Å². The molecule has 0 aromatic carbocycles. The van der Waals surface area contributed by atoms with Gasteiger partial charge in [-0.15, -0.1) is 0 Å². The lowest BCUT2D eigenvalue weighted by Crippen LogP contribution is -2.56. The lowest BCUT2D eigenvalue weighted by molar-refractivity contribution is -0.172. The van der Waals surface area contributed by atoms with Gasteiger partial charge in [-0.25, -0.2) is 4.79 Å². The van der Waals surface area contributed by atoms with Crippen molar-refractivity contribution in [1.82, 2.24) is 4.90 Å². The zero-order chi connectivity index (χ0) is 15.6. The molecular weight excluding hydrogens is 286 g/mol. The van der Waals surface area contributed by atoms with Gasteiger partial charge in [0.2, 0.25) is 0 Å². The Bertz CT molecular complexity index is 430. The zero-order valence-electron chi connectivity index (χ0n) is 13.0. The number of morpholine rings is 1. The predicted octanol–water partition coefficient (Wildman–Crippen LogP) is 1.00. The molecule has 2 aliphatic carbocycles. The molecule has 2 saturated carbocycles. The van der Waals surface area contributed by atoms with Crippen molar-refractivity contribution in [2.24, 2.45) is 0 Å². The van der Waals surface area contributed by atoms with Crippen LogP contribution in [0, 0.1) is 0 Å². The molecule has 22 heavy (non-hydrogen) atoms. The van der Waals surface area contributed by atoms with Crippen LogP contribution in [-0.2, 0) is 19.1 Å². The van der Waals surface area contributed by atoms with Crippen LogP contribution < -0.4 is 0 Å². The molecule has 6 heteroatoms. The summed E-state index contributed by atoms with van der Waals surface area (Å²) in [5, 5.41) is 10.2. The number of ether oxygens (including phenoxy) is 2. The highest BCUT2D eigenvalue weighted by atomic mass is 16.6. The van der Waals surface area contributed by atoms with E-state index < -0.39 is 11.6 Å². The fourth-order valence-electron chi connectivity index (χ4n) is 3.91. The van der Waals surface area contributed by atoms with E-state index in [1.54, 1.807) is 4.90 Å². The molecule has 1 saturated heterocycles. The van der Waals surface area contributed by atoms with Gasteiger partial charge in [0.25, 0.3) is 5.91 Å². The monoisotopic (exact) mass is 311 g/mol. The summed E-state index contributed by atoms with van der Waals surface area (Å²) in [4.78, 5) is 26.2. The second-order valence-corrected chi connectivity index (χ2v) is 6.66. The summed E-state index contributed by atoms with van der Waals surface area (Å²) in [6, 6.07) is 0.114. The van der Waals surface area contributed by atoms with Crippen LogP contribution in [0.4, 0.5) is 0 Å². The van der Waals surface area contributed by atoms with E-state index in [0.717, 1.165) is 38.5 Å². The average Bonchev–Trinajstić information content (AvgIpc) is 2.99. The molecule has 0 radical (unpaired) electrons. The number of carbonyl (C=O) groups excluding carboxylic acids is 2. The number of fused-ring (bicyclic) bond motifs is 1. The van der Waals surface area contributed by atoms with Crippen LogP contribution >= 0.6 is 0 Å². The third-order valence-corrected chi connectivity index (χ3v) is 5.19. The summed E-state index contributed by atoms with van der Waals surface area (Å²) in [7, 11) is 0. The van der Waals surface area contributed by atoms with Crippen molar-refractivity contribution in [3.63, 3.8) is 0 Å². The normalized spacial score (nSPS) is 30.7. The molecular formula is C16H25NO5. The van der Waals surface area contributed by atoms with E-state index in [-0.39, 0.29) is 24.7 Å². The molecule has 0 aromatic rings. The number of hydrogen-bond acceptors (Lipinski definition) is 5. The zero-order valence-corrected chi connectivity index (χ0v) is 13.0. The Morgan fingerprint density at radius 1 is 1.18 bits per heavy atom. The molecule has 3 rings (SSSR count). The Labute approximate surface area is 130 Å². The maximum atomic E-state index is 12.4. The fraction of sp³-hybridized carbons (Fsp3) is 0.875. The topological polar surface area (TPSA) is 76.1 Å². The number of nitrogens with zero attached hydrogens (tertiary/aromatic N) is 1. The van der Waals surface area contributed by atoms with Crippen molar-refractivity contribution < 1.29 is 24.2 Å². The molecule has 1 N–H and O–H groups in total. The van der Waals surface area contributed by atoms with E-state index in [9.17, 15) is 14.7 Å². The molecule has 1 heterocycles. The number of rotatable bonds is 3. The van der Waals surface area contributed by atoms with Gasteiger partial charge in [0.1, 0.15) is 0 Å². The molecule has 3 aliphatic rings. The van der Waals surface area contributed by atoms with E-state index in [4.69, 9.17) is 9.47 Å². The van der Waals surface area contributed by atoms with Crippen LogP contribution in [0.1, 0.15) is 51.4 Å². The third-order valence-electron chi connectivity index (χ3n) is 5.19. The smallest absolute Gasteiger partial charge is 0.338 e. The van der Waals surface area contributed by atoms with Gasteiger partial charge in [0, 0.05) is 6.54 Å². The summed E-state index contributed by atoms with van der Waals surface area (Å²) in [6.07, 6.45) is 6.84. The number of amides is 1. The molecule has 0 unspecified atom stereocenters. The van der Waals surface area contributed by atoms with Crippen molar-refractivity contribution in [2.75, 3.05) is 19.8 Å². The van der Waals surface area contributed by atoms with Crippen LogP contribution in [0.25, 0.3) is 0 Å². The fourth-order valence-corrected chi connectivity index (χ4v) is 3.91. The lowest BCUT2D eigenvalue weighted by Gasteiger charge is -2.43. The number of carbonyl (C=O) groups is 2. The Kier molecular flexibility index (Phi) is 4.68. The molecule has 0 aromatic heterocycles. The van der Waals surface area contributed by atoms with Gasteiger partial charge in [-0.1, -0.05) is 12.8 Å². The minimum Gasteiger partial charge on any atom is -0.453 e. The van der Waals surface area contributed by atoms with Crippen molar-refractivity contribution in [3.05, 3.63) is 0 Å². The van der Waals surface area contributed by atoms with Gasteiger partial charge in [0.15, 0.2) is 12.2 Å². The van der Waals surface area contributed by atoms with Gasteiger partial charge in [-0.05, 0) is 38.5 Å². The Morgan fingerprint density at radius 2 is 1.91 bits per heavy atom. The lowest BCUT2D eigenvalue weighted by atomic mass is 9.90. The highest BCUT2D eigenvalue weighted by Gasteiger charge is 2.41.